The normalized spacial score (nSPS) is 11.9. The number of carbonyl (C=O) groups excluding carboxylic acids is 1. The van der Waals surface area contributed by atoms with Crippen molar-refractivity contribution in [3.63, 3.8) is 0 Å². The fourth-order valence-electron chi connectivity index (χ4n) is 1.89. The van der Waals surface area contributed by atoms with E-state index >= 15 is 0 Å². The van der Waals surface area contributed by atoms with Crippen molar-refractivity contribution >= 4 is 38.7 Å². The molecule has 1 heterocycles. The molecule has 1 aromatic heterocycles. The number of aliphatic hydroxyl groups excluding tert-OH is 1. The van der Waals surface area contributed by atoms with E-state index in [0.29, 0.717) is 11.4 Å². The predicted molar refractivity (Wildman–Crippen MR) is 83.5 cm³/mol. The first-order chi connectivity index (χ1) is 9.52. The van der Waals surface area contributed by atoms with Gasteiger partial charge in [-0.1, -0.05) is 27.3 Å². The van der Waals surface area contributed by atoms with Crippen LogP contribution in [0.1, 0.15) is 22.3 Å². The second kappa shape index (κ2) is 6.47. The van der Waals surface area contributed by atoms with Crippen molar-refractivity contribution in [1.82, 2.24) is 4.57 Å². The van der Waals surface area contributed by atoms with Gasteiger partial charge in [0.05, 0.1) is 17.2 Å². The molecule has 2 rings (SSSR count). The van der Waals surface area contributed by atoms with Crippen LogP contribution in [0.3, 0.4) is 0 Å². The number of Topliss-reactive ketones (excluding diaryl/α,β-unsaturated/α-hetero) is 1. The molecule has 0 bridgehead atoms. The molecule has 2 aromatic rings. The van der Waals surface area contributed by atoms with Crippen molar-refractivity contribution in [3.8, 4) is 0 Å². The maximum atomic E-state index is 11.6. The number of aromatic nitrogens is 1. The van der Waals surface area contributed by atoms with Gasteiger partial charge in [0.1, 0.15) is 0 Å². The minimum Gasteiger partial charge on any atom is -0.395 e. The van der Waals surface area contributed by atoms with Gasteiger partial charge in [0.15, 0.2) is 10.6 Å². The topological polar surface area (TPSA) is 54.6 Å². The summed E-state index contributed by atoms with van der Waals surface area (Å²) in [6, 6.07) is 7.63. The summed E-state index contributed by atoms with van der Waals surface area (Å²) < 4.78 is 2.87. The van der Waals surface area contributed by atoms with Gasteiger partial charge in [-0.2, -0.15) is 0 Å². The minimum absolute atomic E-state index is 0.0163. The molecular weight excluding hydrogens is 340 g/mol. The lowest BCUT2D eigenvalue weighted by atomic mass is 10.3. The number of hydrogen-bond acceptors (Lipinski definition) is 4. The second-order valence-corrected chi connectivity index (χ2v) is 6.21. The zero-order valence-corrected chi connectivity index (χ0v) is 13.7. The van der Waals surface area contributed by atoms with Crippen LogP contribution in [0.2, 0.25) is 0 Å². The first kappa shape index (κ1) is 15.2. The first-order valence-electron chi connectivity index (χ1n) is 6.15. The largest absolute Gasteiger partial charge is 0.395 e. The van der Waals surface area contributed by atoms with Gasteiger partial charge in [-0.25, -0.2) is 4.99 Å². The predicted octanol–water partition coefficient (Wildman–Crippen LogP) is 3.05. The molecule has 20 heavy (non-hydrogen) atoms. The maximum absolute atomic E-state index is 11.6. The Balaban J connectivity index is 2.57. The Hall–Kier alpha value is -1.24. The Bertz CT molecular complexity index is 686. The molecule has 0 amide bonds. The number of halogens is 1. The Morgan fingerprint density at radius 1 is 1.40 bits per heavy atom. The van der Waals surface area contributed by atoms with Crippen LogP contribution >= 0.6 is 27.3 Å². The Labute approximate surface area is 129 Å². The Morgan fingerprint density at radius 3 is 2.60 bits per heavy atom. The quantitative estimate of drug-likeness (QED) is 0.857. The summed E-state index contributed by atoms with van der Waals surface area (Å²) in [7, 11) is 0. The fraction of sp³-hybridized carbons (Fsp3) is 0.286. The number of ketones is 1. The van der Waals surface area contributed by atoms with Crippen LogP contribution in [0.25, 0.3) is 0 Å². The Morgan fingerprint density at radius 2 is 2.05 bits per heavy atom. The summed E-state index contributed by atoms with van der Waals surface area (Å²) in [5.74, 6) is 0.0245. The van der Waals surface area contributed by atoms with Gasteiger partial charge in [-0.05, 0) is 31.2 Å². The van der Waals surface area contributed by atoms with E-state index in [1.807, 2.05) is 35.8 Å². The Kier molecular flexibility index (Phi) is 4.91. The molecule has 0 aliphatic rings. The maximum Gasteiger partial charge on any atom is 0.190 e. The smallest absolute Gasteiger partial charge is 0.190 e. The van der Waals surface area contributed by atoms with Crippen LogP contribution in [0.15, 0.2) is 33.7 Å². The van der Waals surface area contributed by atoms with E-state index in [-0.39, 0.29) is 12.4 Å². The van der Waals surface area contributed by atoms with E-state index in [0.717, 1.165) is 20.7 Å². The summed E-state index contributed by atoms with van der Waals surface area (Å²) in [5.41, 5.74) is 1.67. The molecule has 0 aliphatic heterocycles. The number of thiazole rings is 1. The summed E-state index contributed by atoms with van der Waals surface area (Å²) >= 11 is 4.74. The highest BCUT2D eigenvalue weighted by molar-refractivity contribution is 9.10. The number of aliphatic hydroxyl groups is 1. The molecule has 0 aliphatic carbocycles. The van der Waals surface area contributed by atoms with Gasteiger partial charge in [0.25, 0.3) is 0 Å². The number of benzene rings is 1. The molecule has 0 saturated carbocycles. The first-order valence-corrected chi connectivity index (χ1v) is 7.76. The average Bonchev–Trinajstić information content (AvgIpc) is 2.71. The van der Waals surface area contributed by atoms with E-state index in [1.54, 1.807) is 6.92 Å². The van der Waals surface area contributed by atoms with Gasteiger partial charge in [0, 0.05) is 23.6 Å². The molecule has 0 radical (unpaired) electrons. The van der Waals surface area contributed by atoms with Gasteiger partial charge in [-0.3, -0.25) is 4.79 Å². The molecule has 4 nitrogen and oxygen atoms in total. The van der Waals surface area contributed by atoms with Crippen LogP contribution in [-0.2, 0) is 6.54 Å². The lowest BCUT2D eigenvalue weighted by Crippen LogP contribution is -2.18. The van der Waals surface area contributed by atoms with Crippen LogP contribution < -0.4 is 4.80 Å². The monoisotopic (exact) mass is 354 g/mol. The number of hydrogen-bond donors (Lipinski definition) is 1. The van der Waals surface area contributed by atoms with E-state index in [4.69, 9.17) is 5.11 Å². The SMILES string of the molecule is CC(=O)c1sc(=Nc2ccc(Br)cc2)n(CCO)c1C. The summed E-state index contributed by atoms with van der Waals surface area (Å²) in [5, 5.41) is 9.17. The van der Waals surface area contributed by atoms with E-state index in [2.05, 4.69) is 20.9 Å². The minimum atomic E-state index is 0.0163. The third-order valence-electron chi connectivity index (χ3n) is 2.85. The summed E-state index contributed by atoms with van der Waals surface area (Å²) in [4.78, 5) is 17.6. The van der Waals surface area contributed by atoms with E-state index < -0.39 is 0 Å². The number of nitrogens with zero attached hydrogens (tertiary/aromatic N) is 2. The highest BCUT2D eigenvalue weighted by Gasteiger charge is 2.12. The summed E-state index contributed by atoms with van der Waals surface area (Å²) in [6.45, 7) is 3.88. The molecule has 106 valence electrons. The molecule has 1 N–H and O–H groups in total. The lowest BCUT2D eigenvalue weighted by Gasteiger charge is -2.03. The third kappa shape index (κ3) is 3.26. The van der Waals surface area contributed by atoms with Gasteiger partial charge in [-0.15, -0.1) is 0 Å². The van der Waals surface area contributed by atoms with Crippen molar-refractivity contribution in [2.24, 2.45) is 4.99 Å². The van der Waals surface area contributed by atoms with Crippen molar-refractivity contribution in [2.75, 3.05) is 6.61 Å². The molecular formula is C14H15BrN2O2S. The number of carbonyl (C=O) groups is 1. The summed E-state index contributed by atoms with van der Waals surface area (Å²) in [6.07, 6.45) is 0. The molecule has 1 aromatic carbocycles. The third-order valence-corrected chi connectivity index (χ3v) is 4.66. The van der Waals surface area contributed by atoms with Crippen LogP contribution in [0.5, 0.6) is 0 Å². The van der Waals surface area contributed by atoms with Gasteiger partial charge < -0.3 is 9.67 Å². The van der Waals surface area contributed by atoms with Crippen LogP contribution in [0, 0.1) is 6.92 Å². The van der Waals surface area contributed by atoms with E-state index in [9.17, 15) is 4.79 Å². The van der Waals surface area contributed by atoms with Crippen molar-refractivity contribution < 1.29 is 9.90 Å². The van der Waals surface area contributed by atoms with Gasteiger partial charge >= 0.3 is 0 Å². The number of rotatable bonds is 4. The standard InChI is InChI=1S/C14H15BrN2O2S/c1-9-13(10(2)19)20-14(17(9)7-8-18)16-12-5-3-11(15)4-6-12/h3-6,18H,7-8H2,1-2H3. The van der Waals surface area contributed by atoms with Gasteiger partial charge in [0.2, 0.25) is 0 Å². The lowest BCUT2D eigenvalue weighted by molar-refractivity contribution is 0.102. The average molecular weight is 355 g/mol. The van der Waals surface area contributed by atoms with Crippen molar-refractivity contribution in [1.29, 1.82) is 0 Å². The van der Waals surface area contributed by atoms with Crippen molar-refractivity contribution in [3.05, 3.63) is 44.1 Å². The van der Waals surface area contributed by atoms with Crippen LogP contribution in [0.4, 0.5) is 5.69 Å². The second-order valence-electron chi connectivity index (χ2n) is 4.32. The van der Waals surface area contributed by atoms with Crippen LogP contribution in [-0.4, -0.2) is 22.1 Å². The molecule has 0 unspecified atom stereocenters. The van der Waals surface area contributed by atoms with E-state index in [1.165, 1.54) is 11.3 Å². The molecule has 0 fully saturated rings. The molecule has 0 spiro atoms. The highest BCUT2D eigenvalue weighted by Crippen LogP contribution is 2.18. The molecule has 6 heteroatoms. The van der Waals surface area contributed by atoms with Crippen molar-refractivity contribution in [2.45, 2.75) is 20.4 Å². The fourth-order valence-corrected chi connectivity index (χ4v) is 3.22. The zero-order chi connectivity index (χ0) is 14.7. The highest BCUT2D eigenvalue weighted by atomic mass is 79.9. The molecule has 0 saturated heterocycles. The zero-order valence-electron chi connectivity index (χ0n) is 11.3. The molecule has 0 atom stereocenters.